The zero-order valence-electron chi connectivity index (χ0n) is 8.46. The van der Waals surface area contributed by atoms with Gasteiger partial charge in [-0.25, -0.2) is 0 Å². The smallest absolute Gasteiger partial charge is 0.121 e. The molecule has 2 rings (SSSR count). The van der Waals surface area contributed by atoms with Crippen molar-refractivity contribution in [1.29, 1.82) is 0 Å². The van der Waals surface area contributed by atoms with Crippen LogP contribution in [0.15, 0.2) is 6.07 Å². The first-order chi connectivity index (χ1) is 6.09. The molecule has 0 aromatic carbocycles. The first kappa shape index (κ1) is 8.75. The van der Waals surface area contributed by atoms with E-state index in [1.165, 1.54) is 15.1 Å². The first-order valence-corrected chi connectivity index (χ1v) is 5.34. The summed E-state index contributed by atoms with van der Waals surface area (Å²) >= 11 is 1.85. The van der Waals surface area contributed by atoms with Gasteiger partial charge in [0.05, 0.1) is 5.69 Å². The summed E-state index contributed by atoms with van der Waals surface area (Å²) in [5.74, 6) is 0.622. The van der Waals surface area contributed by atoms with Gasteiger partial charge < -0.3 is 0 Å². The van der Waals surface area contributed by atoms with Gasteiger partial charge in [-0.1, -0.05) is 13.8 Å². The van der Waals surface area contributed by atoms with E-state index in [2.05, 4.69) is 31.9 Å². The maximum absolute atomic E-state index is 4.38. The van der Waals surface area contributed by atoms with Gasteiger partial charge >= 0.3 is 0 Å². The molecule has 0 amide bonds. The fourth-order valence-electron chi connectivity index (χ4n) is 1.51. The van der Waals surface area contributed by atoms with Crippen molar-refractivity contribution in [2.45, 2.75) is 26.7 Å². The van der Waals surface area contributed by atoms with Gasteiger partial charge in [0.15, 0.2) is 0 Å². The largest absolute Gasteiger partial charge is 0.258 e. The molecule has 2 aromatic heterocycles. The summed E-state index contributed by atoms with van der Waals surface area (Å²) in [6.45, 7) is 6.53. The normalized spacial score (nSPS) is 11.8. The Hall–Kier alpha value is -0.830. The second-order valence-electron chi connectivity index (χ2n) is 3.73. The lowest BCUT2D eigenvalue weighted by molar-refractivity contribution is 0.787. The molecule has 70 valence electrons. The molecule has 0 aliphatic carbocycles. The highest BCUT2D eigenvalue weighted by Gasteiger charge is 2.11. The lowest BCUT2D eigenvalue weighted by Gasteiger charge is -1.97. The first-order valence-electron chi connectivity index (χ1n) is 4.52. The van der Waals surface area contributed by atoms with Crippen LogP contribution in [0, 0.1) is 6.92 Å². The molecule has 0 saturated carbocycles. The van der Waals surface area contributed by atoms with Crippen LogP contribution in [0.25, 0.3) is 10.2 Å². The van der Waals surface area contributed by atoms with E-state index in [0.717, 1.165) is 5.69 Å². The van der Waals surface area contributed by atoms with Gasteiger partial charge in [-0.3, -0.25) is 4.68 Å². The minimum atomic E-state index is 0.622. The summed E-state index contributed by atoms with van der Waals surface area (Å²) in [6.07, 6.45) is 0. The lowest BCUT2D eigenvalue weighted by Crippen LogP contribution is -1.88. The number of hydrogen-bond donors (Lipinski definition) is 0. The van der Waals surface area contributed by atoms with Crippen molar-refractivity contribution in [3.63, 3.8) is 0 Å². The summed E-state index contributed by atoms with van der Waals surface area (Å²) in [6, 6.07) is 2.27. The van der Waals surface area contributed by atoms with Crippen molar-refractivity contribution < 1.29 is 0 Å². The highest BCUT2D eigenvalue weighted by molar-refractivity contribution is 7.18. The molecular weight excluding hydrogens is 180 g/mol. The van der Waals surface area contributed by atoms with Gasteiger partial charge in [0.2, 0.25) is 0 Å². The Kier molecular flexibility index (Phi) is 1.91. The predicted octanol–water partition coefficient (Wildman–Crippen LogP) is 3.07. The van der Waals surface area contributed by atoms with E-state index in [0.29, 0.717) is 5.92 Å². The van der Waals surface area contributed by atoms with Crippen LogP contribution >= 0.6 is 11.3 Å². The van der Waals surface area contributed by atoms with E-state index >= 15 is 0 Å². The summed E-state index contributed by atoms with van der Waals surface area (Å²) in [5.41, 5.74) is 1.14. The van der Waals surface area contributed by atoms with Gasteiger partial charge in [0, 0.05) is 17.3 Å². The van der Waals surface area contributed by atoms with E-state index in [1.54, 1.807) is 0 Å². The van der Waals surface area contributed by atoms with E-state index in [4.69, 9.17) is 0 Å². The molecule has 0 bridgehead atoms. The second-order valence-corrected chi connectivity index (χ2v) is 4.79. The maximum atomic E-state index is 4.38. The zero-order chi connectivity index (χ0) is 9.59. The zero-order valence-corrected chi connectivity index (χ0v) is 9.27. The summed E-state index contributed by atoms with van der Waals surface area (Å²) in [5, 5.41) is 5.69. The van der Waals surface area contributed by atoms with Crippen molar-refractivity contribution in [3.05, 3.63) is 16.6 Å². The van der Waals surface area contributed by atoms with Crippen LogP contribution in [-0.4, -0.2) is 9.78 Å². The van der Waals surface area contributed by atoms with Crippen molar-refractivity contribution in [2.75, 3.05) is 0 Å². The maximum Gasteiger partial charge on any atom is 0.121 e. The molecule has 0 saturated heterocycles. The quantitative estimate of drug-likeness (QED) is 0.682. The number of fused-ring (bicyclic) bond motifs is 1. The molecular formula is C10H14N2S. The van der Waals surface area contributed by atoms with Gasteiger partial charge in [0.25, 0.3) is 0 Å². The standard InChI is InChI=1S/C10H14N2S/c1-6(2)9-5-8-7(3)11-12(4)10(8)13-9/h5-6H,1-4H3. The molecule has 2 aromatic rings. The van der Waals surface area contributed by atoms with Crippen molar-refractivity contribution >= 4 is 21.6 Å². The molecule has 13 heavy (non-hydrogen) atoms. The third-order valence-corrected chi connectivity index (χ3v) is 3.79. The van der Waals surface area contributed by atoms with Gasteiger partial charge in [-0.05, 0) is 18.9 Å². The Morgan fingerprint density at radius 3 is 2.69 bits per heavy atom. The molecule has 0 N–H and O–H groups in total. The number of aryl methyl sites for hydroxylation is 2. The van der Waals surface area contributed by atoms with Crippen molar-refractivity contribution in [3.8, 4) is 0 Å². The number of aromatic nitrogens is 2. The Morgan fingerprint density at radius 2 is 2.15 bits per heavy atom. The molecule has 0 fully saturated rings. The van der Waals surface area contributed by atoms with Crippen molar-refractivity contribution in [2.24, 2.45) is 7.05 Å². The minimum Gasteiger partial charge on any atom is -0.258 e. The fourth-order valence-corrected chi connectivity index (χ4v) is 2.63. The van der Waals surface area contributed by atoms with E-state index in [9.17, 15) is 0 Å². The molecule has 0 unspecified atom stereocenters. The van der Waals surface area contributed by atoms with Crippen LogP contribution in [-0.2, 0) is 7.05 Å². The minimum absolute atomic E-state index is 0.622. The SMILES string of the molecule is Cc1nn(C)c2sc(C(C)C)cc12. The van der Waals surface area contributed by atoms with Crippen LogP contribution in [0.4, 0.5) is 0 Å². The summed E-state index contributed by atoms with van der Waals surface area (Å²) < 4.78 is 1.97. The number of nitrogens with zero attached hydrogens (tertiary/aromatic N) is 2. The highest BCUT2D eigenvalue weighted by Crippen LogP contribution is 2.31. The lowest BCUT2D eigenvalue weighted by atomic mass is 10.1. The predicted molar refractivity (Wildman–Crippen MR) is 57.4 cm³/mol. The van der Waals surface area contributed by atoms with E-state index in [1.807, 2.05) is 23.1 Å². The Morgan fingerprint density at radius 1 is 1.46 bits per heavy atom. The second kappa shape index (κ2) is 2.84. The van der Waals surface area contributed by atoms with Crippen LogP contribution < -0.4 is 0 Å². The highest BCUT2D eigenvalue weighted by atomic mass is 32.1. The van der Waals surface area contributed by atoms with E-state index in [-0.39, 0.29) is 0 Å². The Bertz CT molecular complexity index is 402. The molecule has 2 heterocycles. The number of thiophene rings is 1. The number of rotatable bonds is 1. The Labute approximate surface area is 82.2 Å². The topological polar surface area (TPSA) is 17.8 Å². The van der Waals surface area contributed by atoms with Gasteiger partial charge in [-0.2, -0.15) is 5.10 Å². The molecule has 0 aliphatic rings. The van der Waals surface area contributed by atoms with Gasteiger partial charge in [-0.15, -0.1) is 11.3 Å². The number of hydrogen-bond acceptors (Lipinski definition) is 2. The molecule has 3 heteroatoms. The van der Waals surface area contributed by atoms with Crippen LogP contribution in [0.3, 0.4) is 0 Å². The average Bonchev–Trinajstić information content (AvgIpc) is 2.55. The summed E-state index contributed by atoms with van der Waals surface area (Å²) in [7, 11) is 2.01. The molecule has 0 spiro atoms. The van der Waals surface area contributed by atoms with Crippen molar-refractivity contribution in [1.82, 2.24) is 9.78 Å². The molecule has 2 nitrogen and oxygen atoms in total. The monoisotopic (exact) mass is 194 g/mol. The Balaban J connectivity index is 2.69. The van der Waals surface area contributed by atoms with Gasteiger partial charge in [0.1, 0.15) is 4.83 Å². The molecule has 0 atom stereocenters. The molecule has 0 radical (unpaired) electrons. The average molecular weight is 194 g/mol. The third-order valence-electron chi connectivity index (χ3n) is 2.28. The van der Waals surface area contributed by atoms with Crippen LogP contribution in [0.5, 0.6) is 0 Å². The van der Waals surface area contributed by atoms with E-state index < -0.39 is 0 Å². The summed E-state index contributed by atoms with van der Waals surface area (Å²) in [4.78, 5) is 2.74. The van der Waals surface area contributed by atoms with Crippen LogP contribution in [0.1, 0.15) is 30.3 Å². The molecule has 0 aliphatic heterocycles. The fraction of sp³-hybridized carbons (Fsp3) is 0.500. The van der Waals surface area contributed by atoms with Crippen LogP contribution in [0.2, 0.25) is 0 Å². The third kappa shape index (κ3) is 1.27.